The Morgan fingerprint density at radius 3 is 2.59 bits per heavy atom. The first-order chi connectivity index (χ1) is 8.22. The Balaban J connectivity index is 1.96. The molecule has 2 rings (SSSR count). The Kier molecular flexibility index (Phi) is 3.74. The first kappa shape index (κ1) is 12.0. The van der Waals surface area contributed by atoms with Gasteiger partial charge in [-0.05, 0) is 31.1 Å². The largest absolute Gasteiger partial charge is 0.340 e. The van der Waals surface area contributed by atoms with Crippen LogP contribution in [0.2, 0.25) is 0 Å². The van der Waals surface area contributed by atoms with Crippen molar-refractivity contribution >= 4 is 23.2 Å². The molecule has 0 bridgehead atoms. The minimum Gasteiger partial charge on any atom is -0.340 e. The molecule has 1 aromatic rings. The van der Waals surface area contributed by atoms with Gasteiger partial charge in [0, 0.05) is 13.1 Å². The molecule has 4 heteroatoms. The van der Waals surface area contributed by atoms with E-state index in [9.17, 15) is 4.79 Å². The lowest BCUT2D eigenvalue weighted by molar-refractivity contribution is -0.125. The molecule has 17 heavy (non-hydrogen) atoms. The zero-order valence-electron chi connectivity index (χ0n) is 9.93. The van der Waals surface area contributed by atoms with Crippen molar-refractivity contribution in [3.63, 3.8) is 0 Å². The maximum atomic E-state index is 11.8. The van der Waals surface area contributed by atoms with Crippen molar-refractivity contribution in [2.75, 3.05) is 19.6 Å². The Bertz CT molecular complexity index is 419. The summed E-state index contributed by atoms with van der Waals surface area (Å²) in [5, 5.41) is 0.674. The molecule has 0 saturated carbocycles. The molecule has 0 atom stereocenters. The molecule has 1 saturated heterocycles. The van der Waals surface area contributed by atoms with E-state index in [0.717, 1.165) is 13.0 Å². The van der Waals surface area contributed by atoms with Crippen molar-refractivity contribution in [2.24, 2.45) is 0 Å². The molecule has 0 N–H and O–H groups in total. The van der Waals surface area contributed by atoms with Crippen LogP contribution in [0.3, 0.4) is 0 Å². The highest BCUT2D eigenvalue weighted by molar-refractivity contribution is 7.80. The average molecular weight is 248 g/mol. The van der Waals surface area contributed by atoms with Crippen LogP contribution in [-0.2, 0) is 11.2 Å². The lowest BCUT2D eigenvalue weighted by atomic mass is 10.1. The van der Waals surface area contributed by atoms with Crippen LogP contribution in [0, 0.1) is 0 Å². The van der Waals surface area contributed by atoms with Gasteiger partial charge in [-0.3, -0.25) is 9.69 Å². The summed E-state index contributed by atoms with van der Waals surface area (Å²) in [5.41, 5.74) is 1.23. The number of thiocarbonyl (C=S) groups is 1. The fourth-order valence-corrected chi connectivity index (χ4v) is 2.33. The number of carbonyl (C=O) groups is 1. The summed E-state index contributed by atoms with van der Waals surface area (Å²) < 4.78 is 0. The average Bonchev–Trinajstić information content (AvgIpc) is 2.63. The number of hydrogen-bond donors (Lipinski definition) is 0. The third-order valence-electron chi connectivity index (χ3n) is 2.98. The number of amides is 1. The molecule has 1 fully saturated rings. The first-order valence-corrected chi connectivity index (χ1v) is 6.26. The fourth-order valence-electron chi connectivity index (χ4n) is 1.95. The van der Waals surface area contributed by atoms with Gasteiger partial charge in [0.1, 0.15) is 0 Å². The monoisotopic (exact) mass is 248 g/mol. The zero-order chi connectivity index (χ0) is 12.3. The molecule has 0 aliphatic carbocycles. The third-order valence-corrected chi connectivity index (χ3v) is 3.46. The van der Waals surface area contributed by atoms with Crippen molar-refractivity contribution < 1.29 is 4.79 Å². The van der Waals surface area contributed by atoms with E-state index in [1.54, 1.807) is 4.90 Å². The summed E-state index contributed by atoms with van der Waals surface area (Å²) in [6, 6.07) is 10.2. The highest BCUT2D eigenvalue weighted by Crippen LogP contribution is 2.11. The summed E-state index contributed by atoms with van der Waals surface area (Å²) in [6.07, 6.45) is 0.851. The van der Waals surface area contributed by atoms with E-state index in [0.29, 0.717) is 18.2 Å². The molecule has 90 valence electrons. The van der Waals surface area contributed by atoms with Crippen molar-refractivity contribution in [3.05, 3.63) is 35.9 Å². The summed E-state index contributed by atoms with van der Waals surface area (Å²) in [7, 11) is 0. The molecule has 0 radical (unpaired) electrons. The maximum absolute atomic E-state index is 11.8. The molecule has 1 aliphatic heterocycles. The van der Waals surface area contributed by atoms with Crippen LogP contribution in [0.1, 0.15) is 12.5 Å². The molecule has 0 spiro atoms. The van der Waals surface area contributed by atoms with Gasteiger partial charge in [-0.2, -0.15) is 0 Å². The molecule has 3 nitrogen and oxygen atoms in total. The molecular weight excluding hydrogens is 232 g/mol. The first-order valence-electron chi connectivity index (χ1n) is 5.85. The van der Waals surface area contributed by atoms with Crippen molar-refractivity contribution in [1.29, 1.82) is 0 Å². The maximum Gasteiger partial charge on any atom is 0.248 e. The fraction of sp³-hybridized carbons (Fsp3) is 0.385. The van der Waals surface area contributed by atoms with Crippen LogP contribution in [0.4, 0.5) is 0 Å². The summed E-state index contributed by atoms with van der Waals surface area (Å²) in [4.78, 5) is 15.4. The summed E-state index contributed by atoms with van der Waals surface area (Å²) in [6.45, 7) is 3.93. The SMILES string of the molecule is CCN1CC(=O)N(CCc2ccccc2)C1=S. The van der Waals surface area contributed by atoms with Crippen LogP contribution in [-0.4, -0.2) is 40.5 Å². The van der Waals surface area contributed by atoms with Gasteiger partial charge in [-0.15, -0.1) is 0 Å². The number of nitrogens with zero attached hydrogens (tertiary/aromatic N) is 2. The van der Waals surface area contributed by atoms with Crippen LogP contribution in [0.25, 0.3) is 0 Å². The zero-order valence-corrected chi connectivity index (χ0v) is 10.7. The van der Waals surface area contributed by atoms with Gasteiger partial charge in [0.05, 0.1) is 6.54 Å². The molecule has 1 heterocycles. The second kappa shape index (κ2) is 5.27. The molecule has 0 aromatic heterocycles. The predicted octanol–water partition coefficient (Wildman–Crippen LogP) is 1.68. The van der Waals surface area contributed by atoms with Crippen LogP contribution < -0.4 is 0 Å². The van der Waals surface area contributed by atoms with E-state index in [1.807, 2.05) is 30.0 Å². The van der Waals surface area contributed by atoms with Gasteiger partial charge < -0.3 is 4.90 Å². The van der Waals surface area contributed by atoms with Gasteiger partial charge in [0.25, 0.3) is 0 Å². The molecule has 1 aromatic carbocycles. The Morgan fingerprint density at radius 2 is 2.00 bits per heavy atom. The van der Waals surface area contributed by atoms with E-state index in [1.165, 1.54) is 5.56 Å². The van der Waals surface area contributed by atoms with E-state index in [2.05, 4.69) is 12.1 Å². The van der Waals surface area contributed by atoms with Gasteiger partial charge >= 0.3 is 0 Å². The minimum absolute atomic E-state index is 0.118. The Hall–Kier alpha value is -1.42. The molecule has 0 unspecified atom stereocenters. The quantitative estimate of drug-likeness (QED) is 0.757. The van der Waals surface area contributed by atoms with Crippen LogP contribution >= 0.6 is 12.2 Å². The summed E-state index contributed by atoms with van der Waals surface area (Å²) in [5.74, 6) is 0.118. The summed E-state index contributed by atoms with van der Waals surface area (Å²) >= 11 is 5.28. The lowest BCUT2D eigenvalue weighted by Crippen LogP contribution is -2.34. The van der Waals surface area contributed by atoms with Crippen molar-refractivity contribution in [3.8, 4) is 0 Å². The van der Waals surface area contributed by atoms with Crippen LogP contribution in [0.5, 0.6) is 0 Å². The number of carbonyl (C=O) groups excluding carboxylic acids is 1. The van der Waals surface area contributed by atoms with E-state index in [4.69, 9.17) is 12.2 Å². The lowest BCUT2D eigenvalue weighted by Gasteiger charge is -2.18. The number of likely N-dealkylation sites (N-methyl/N-ethyl adjacent to an activating group) is 1. The molecule has 1 aliphatic rings. The van der Waals surface area contributed by atoms with E-state index < -0.39 is 0 Å². The Morgan fingerprint density at radius 1 is 1.29 bits per heavy atom. The van der Waals surface area contributed by atoms with Gasteiger partial charge in [0.15, 0.2) is 5.11 Å². The highest BCUT2D eigenvalue weighted by Gasteiger charge is 2.30. The molecule has 1 amide bonds. The second-order valence-electron chi connectivity index (χ2n) is 4.08. The minimum atomic E-state index is 0.118. The second-order valence-corrected chi connectivity index (χ2v) is 4.44. The Labute approximate surface area is 107 Å². The van der Waals surface area contributed by atoms with Gasteiger partial charge in [-0.1, -0.05) is 30.3 Å². The van der Waals surface area contributed by atoms with E-state index in [-0.39, 0.29) is 5.91 Å². The third kappa shape index (κ3) is 2.64. The van der Waals surface area contributed by atoms with E-state index >= 15 is 0 Å². The van der Waals surface area contributed by atoms with Crippen molar-refractivity contribution in [2.45, 2.75) is 13.3 Å². The number of hydrogen-bond acceptors (Lipinski definition) is 2. The predicted molar refractivity (Wildman–Crippen MR) is 71.7 cm³/mol. The number of rotatable bonds is 4. The van der Waals surface area contributed by atoms with Crippen molar-refractivity contribution in [1.82, 2.24) is 9.80 Å². The molecular formula is C13H16N2OS. The topological polar surface area (TPSA) is 23.6 Å². The normalized spacial score (nSPS) is 15.8. The standard InChI is InChI=1S/C13H16N2OS/c1-2-14-10-12(16)15(13(14)17)9-8-11-6-4-3-5-7-11/h3-7H,2,8-10H2,1H3. The number of benzene rings is 1. The van der Waals surface area contributed by atoms with Gasteiger partial charge in [-0.25, -0.2) is 0 Å². The van der Waals surface area contributed by atoms with Gasteiger partial charge in [0.2, 0.25) is 5.91 Å². The smallest absolute Gasteiger partial charge is 0.248 e. The van der Waals surface area contributed by atoms with Crippen LogP contribution in [0.15, 0.2) is 30.3 Å². The highest BCUT2D eigenvalue weighted by atomic mass is 32.1.